The van der Waals surface area contributed by atoms with Crippen molar-refractivity contribution in [3.8, 4) is 5.75 Å². The van der Waals surface area contributed by atoms with Gasteiger partial charge in [0, 0.05) is 5.92 Å². The molecule has 1 aromatic carbocycles. The molecular formula is C18H28O2. The fourth-order valence-corrected chi connectivity index (χ4v) is 2.92. The summed E-state index contributed by atoms with van der Waals surface area (Å²) in [7, 11) is 0. The Hall–Kier alpha value is -1.02. The quantitative estimate of drug-likeness (QED) is 0.657. The van der Waals surface area contributed by atoms with Crippen molar-refractivity contribution >= 4 is 0 Å². The summed E-state index contributed by atoms with van der Waals surface area (Å²) >= 11 is 0. The molecule has 112 valence electrons. The zero-order valence-electron chi connectivity index (χ0n) is 12.9. The first kappa shape index (κ1) is 15.4. The van der Waals surface area contributed by atoms with Crippen molar-refractivity contribution in [1.29, 1.82) is 0 Å². The van der Waals surface area contributed by atoms with Crippen LogP contribution in [0.3, 0.4) is 0 Å². The fourth-order valence-electron chi connectivity index (χ4n) is 2.92. The summed E-state index contributed by atoms with van der Waals surface area (Å²) in [5.74, 6) is 1.53. The Bertz CT molecular complexity index is 364. The topological polar surface area (TPSA) is 18.5 Å². The van der Waals surface area contributed by atoms with E-state index in [0.29, 0.717) is 12.0 Å². The van der Waals surface area contributed by atoms with Gasteiger partial charge in [0.05, 0.1) is 19.3 Å². The predicted octanol–water partition coefficient (Wildman–Crippen LogP) is 4.93. The first-order valence-corrected chi connectivity index (χ1v) is 8.17. The minimum Gasteiger partial charge on any atom is -0.494 e. The summed E-state index contributed by atoms with van der Waals surface area (Å²) in [5, 5.41) is 0. The number of ether oxygens (including phenoxy) is 2. The summed E-state index contributed by atoms with van der Waals surface area (Å²) in [6.45, 7) is 5.88. The molecule has 0 aliphatic carbocycles. The SMILES string of the molecule is CCCCCC1CCC(c2ccc(OCC)cc2)CO1. The van der Waals surface area contributed by atoms with Crippen molar-refractivity contribution < 1.29 is 9.47 Å². The van der Waals surface area contributed by atoms with Crippen LogP contribution in [0.5, 0.6) is 5.75 Å². The molecule has 2 atom stereocenters. The van der Waals surface area contributed by atoms with Crippen LogP contribution < -0.4 is 4.74 Å². The molecule has 0 N–H and O–H groups in total. The molecule has 1 heterocycles. The molecule has 20 heavy (non-hydrogen) atoms. The molecule has 0 amide bonds. The van der Waals surface area contributed by atoms with Gasteiger partial charge in [0.25, 0.3) is 0 Å². The van der Waals surface area contributed by atoms with Crippen molar-refractivity contribution in [3.05, 3.63) is 29.8 Å². The second kappa shape index (κ2) is 8.31. The van der Waals surface area contributed by atoms with Gasteiger partial charge in [-0.2, -0.15) is 0 Å². The lowest BCUT2D eigenvalue weighted by atomic mass is 9.90. The van der Waals surface area contributed by atoms with Gasteiger partial charge in [0.2, 0.25) is 0 Å². The number of benzene rings is 1. The van der Waals surface area contributed by atoms with Crippen LogP contribution in [0.25, 0.3) is 0 Å². The highest BCUT2D eigenvalue weighted by molar-refractivity contribution is 5.29. The fraction of sp³-hybridized carbons (Fsp3) is 0.667. The van der Waals surface area contributed by atoms with E-state index in [-0.39, 0.29) is 0 Å². The molecule has 2 rings (SSSR count). The standard InChI is InChI=1S/C18H28O2/c1-3-5-6-7-17-13-10-16(14-20-17)15-8-11-18(12-9-15)19-4-2/h8-9,11-12,16-17H,3-7,10,13-14H2,1-2H3. The van der Waals surface area contributed by atoms with E-state index in [9.17, 15) is 0 Å². The van der Waals surface area contributed by atoms with E-state index in [1.807, 2.05) is 6.92 Å². The molecule has 2 unspecified atom stereocenters. The van der Waals surface area contributed by atoms with Crippen LogP contribution in [0.2, 0.25) is 0 Å². The third-order valence-corrected chi connectivity index (χ3v) is 4.16. The van der Waals surface area contributed by atoms with Crippen LogP contribution in [0.4, 0.5) is 0 Å². The summed E-state index contributed by atoms with van der Waals surface area (Å²) in [6.07, 6.45) is 8.15. The van der Waals surface area contributed by atoms with E-state index in [4.69, 9.17) is 9.47 Å². The van der Waals surface area contributed by atoms with Crippen LogP contribution in [-0.2, 0) is 4.74 Å². The minimum atomic E-state index is 0.500. The van der Waals surface area contributed by atoms with Gasteiger partial charge in [-0.1, -0.05) is 38.3 Å². The molecule has 1 saturated heterocycles. The maximum absolute atomic E-state index is 6.04. The molecule has 0 spiro atoms. The Morgan fingerprint density at radius 2 is 1.90 bits per heavy atom. The van der Waals surface area contributed by atoms with Crippen molar-refractivity contribution in [3.63, 3.8) is 0 Å². The van der Waals surface area contributed by atoms with Crippen molar-refractivity contribution in [2.75, 3.05) is 13.2 Å². The molecule has 2 heteroatoms. The van der Waals surface area contributed by atoms with Gasteiger partial charge >= 0.3 is 0 Å². The molecule has 2 nitrogen and oxygen atoms in total. The molecule has 1 aliphatic heterocycles. The highest BCUT2D eigenvalue weighted by Crippen LogP contribution is 2.30. The minimum absolute atomic E-state index is 0.500. The third kappa shape index (κ3) is 4.52. The average molecular weight is 276 g/mol. The summed E-state index contributed by atoms with van der Waals surface area (Å²) in [6, 6.07) is 8.53. The summed E-state index contributed by atoms with van der Waals surface area (Å²) in [4.78, 5) is 0. The Morgan fingerprint density at radius 1 is 1.10 bits per heavy atom. The maximum Gasteiger partial charge on any atom is 0.119 e. The van der Waals surface area contributed by atoms with E-state index < -0.39 is 0 Å². The zero-order valence-corrected chi connectivity index (χ0v) is 12.9. The van der Waals surface area contributed by atoms with Crippen LogP contribution in [0, 0.1) is 0 Å². The molecule has 1 aromatic rings. The van der Waals surface area contributed by atoms with Crippen molar-refractivity contribution in [2.24, 2.45) is 0 Å². The van der Waals surface area contributed by atoms with Gasteiger partial charge in [0.15, 0.2) is 0 Å². The van der Waals surface area contributed by atoms with Gasteiger partial charge in [0.1, 0.15) is 5.75 Å². The zero-order chi connectivity index (χ0) is 14.2. The molecule has 1 fully saturated rings. The highest BCUT2D eigenvalue weighted by atomic mass is 16.5. The Balaban J connectivity index is 1.78. The number of hydrogen-bond donors (Lipinski definition) is 0. The van der Waals surface area contributed by atoms with Crippen molar-refractivity contribution in [2.45, 2.75) is 64.4 Å². The first-order chi connectivity index (χ1) is 9.83. The van der Waals surface area contributed by atoms with Gasteiger partial charge in [-0.25, -0.2) is 0 Å². The van der Waals surface area contributed by atoms with Gasteiger partial charge in [-0.15, -0.1) is 0 Å². The smallest absolute Gasteiger partial charge is 0.119 e. The summed E-state index contributed by atoms with van der Waals surface area (Å²) < 4.78 is 11.5. The number of rotatable bonds is 7. The normalized spacial score (nSPS) is 22.7. The van der Waals surface area contributed by atoms with Gasteiger partial charge < -0.3 is 9.47 Å². The number of unbranched alkanes of at least 4 members (excludes halogenated alkanes) is 2. The lowest BCUT2D eigenvalue weighted by Crippen LogP contribution is -2.24. The first-order valence-electron chi connectivity index (χ1n) is 8.17. The van der Waals surface area contributed by atoms with Crippen LogP contribution in [-0.4, -0.2) is 19.3 Å². The lowest BCUT2D eigenvalue weighted by Gasteiger charge is -2.29. The van der Waals surface area contributed by atoms with E-state index in [1.54, 1.807) is 0 Å². The van der Waals surface area contributed by atoms with Crippen LogP contribution >= 0.6 is 0 Å². The second-order valence-electron chi connectivity index (χ2n) is 5.73. The molecule has 0 aromatic heterocycles. The molecule has 0 saturated carbocycles. The number of hydrogen-bond acceptors (Lipinski definition) is 2. The predicted molar refractivity (Wildman–Crippen MR) is 83.5 cm³/mol. The molecule has 0 radical (unpaired) electrons. The Labute approximate surface area is 123 Å². The molecular weight excluding hydrogens is 248 g/mol. The molecule has 1 aliphatic rings. The highest BCUT2D eigenvalue weighted by Gasteiger charge is 2.22. The maximum atomic E-state index is 6.04. The van der Waals surface area contributed by atoms with Gasteiger partial charge in [-0.05, 0) is 43.9 Å². The monoisotopic (exact) mass is 276 g/mol. The average Bonchev–Trinajstić information content (AvgIpc) is 2.49. The molecule has 0 bridgehead atoms. The van der Waals surface area contributed by atoms with Crippen LogP contribution in [0.1, 0.15) is 63.9 Å². The van der Waals surface area contributed by atoms with E-state index in [2.05, 4.69) is 31.2 Å². The van der Waals surface area contributed by atoms with Crippen molar-refractivity contribution in [1.82, 2.24) is 0 Å². The lowest BCUT2D eigenvalue weighted by molar-refractivity contribution is -0.00208. The van der Waals surface area contributed by atoms with Gasteiger partial charge in [-0.3, -0.25) is 0 Å². The van der Waals surface area contributed by atoms with Crippen LogP contribution in [0.15, 0.2) is 24.3 Å². The third-order valence-electron chi connectivity index (χ3n) is 4.16. The van der Waals surface area contributed by atoms with E-state index >= 15 is 0 Å². The second-order valence-corrected chi connectivity index (χ2v) is 5.73. The van der Waals surface area contributed by atoms with E-state index in [0.717, 1.165) is 19.0 Å². The Morgan fingerprint density at radius 3 is 2.50 bits per heavy atom. The Kier molecular flexibility index (Phi) is 6.38. The summed E-state index contributed by atoms with van der Waals surface area (Å²) in [5.41, 5.74) is 1.39. The van der Waals surface area contributed by atoms with E-state index in [1.165, 1.54) is 44.1 Å². The largest absolute Gasteiger partial charge is 0.494 e.